The van der Waals surface area contributed by atoms with Crippen LogP contribution in [0.25, 0.3) is 0 Å². The van der Waals surface area contributed by atoms with Gasteiger partial charge in [0.1, 0.15) is 6.61 Å². The molecule has 0 radical (unpaired) electrons. The number of benzene rings is 1. The predicted octanol–water partition coefficient (Wildman–Crippen LogP) is 3.38. The molecule has 0 atom stereocenters. The Morgan fingerprint density at radius 2 is 1.76 bits per heavy atom. The predicted molar refractivity (Wildman–Crippen MR) is 72.2 cm³/mol. The number of nitrogens with one attached hydrogen (secondary N) is 1. The first kappa shape index (κ1) is 15.7. The van der Waals surface area contributed by atoms with Crippen molar-refractivity contribution in [2.24, 2.45) is 0 Å². The number of hydrogen-bond acceptors (Lipinski definition) is 2. The van der Waals surface area contributed by atoms with Gasteiger partial charge < -0.3 is 10.1 Å². The van der Waals surface area contributed by atoms with E-state index in [9.17, 15) is 4.79 Å². The van der Waals surface area contributed by atoms with Crippen molar-refractivity contribution in [1.82, 2.24) is 0 Å². The van der Waals surface area contributed by atoms with Crippen LogP contribution in [-0.4, -0.2) is 18.6 Å². The van der Waals surface area contributed by atoms with Crippen molar-refractivity contribution in [3.8, 4) is 0 Å². The molecule has 1 rings (SSSR count). The van der Waals surface area contributed by atoms with Crippen LogP contribution >= 0.6 is 0 Å². The van der Waals surface area contributed by atoms with Gasteiger partial charge in [-0.15, -0.1) is 0 Å². The lowest BCUT2D eigenvalue weighted by molar-refractivity contribution is -0.121. The van der Waals surface area contributed by atoms with Crippen molar-refractivity contribution in [3.63, 3.8) is 0 Å². The maximum Gasteiger partial charge on any atom is 0.250 e. The molecule has 1 aromatic rings. The zero-order valence-electron chi connectivity index (χ0n) is 11.4. The summed E-state index contributed by atoms with van der Waals surface area (Å²) in [6, 6.07) is 7.67. The molecule has 0 unspecified atom stereocenters. The first-order valence-corrected chi connectivity index (χ1v) is 6.06. The topological polar surface area (TPSA) is 38.3 Å². The number of rotatable bonds is 4. The third-order valence-corrected chi connectivity index (χ3v) is 1.88. The van der Waals surface area contributed by atoms with E-state index in [1.165, 1.54) is 5.56 Å². The Labute approximate surface area is 104 Å². The van der Waals surface area contributed by atoms with Gasteiger partial charge in [-0.2, -0.15) is 0 Å². The molecule has 0 saturated heterocycles. The second-order valence-corrected chi connectivity index (χ2v) is 3.77. The van der Waals surface area contributed by atoms with Crippen molar-refractivity contribution in [1.29, 1.82) is 0 Å². The number of amides is 1. The van der Waals surface area contributed by atoms with Crippen LogP contribution in [-0.2, 0) is 9.53 Å². The highest BCUT2D eigenvalue weighted by molar-refractivity contribution is 5.91. The SMILES string of the molecule is CC.Cc1ccc(NC(=O)COC(C)C)cc1. The summed E-state index contributed by atoms with van der Waals surface area (Å²) in [7, 11) is 0. The highest BCUT2D eigenvalue weighted by Crippen LogP contribution is 2.08. The molecule has 0 aromatic heterocycles. The Morgan fingerprint density at radius 3 is 2.24 bits per heavy atom. The highest BCUT2D eigenvalue weighted by Gasteiger charge is 2.03. The lowest BCUT2D eigenvalue weighted by Gasteiger charge is -2.08. The fraction of sp³-hybridized carbons (Fsp3) is 0.500. The number of ether oxygens (including phenoxy) is 1. The summed E-state index contributed by atoms with van der Waals surface area (Å²) in [5.41, 5.74) is 1.98. The number of carbonyl (C=O) groups excluding carboxylic acids is 1. The van der Waals surface area contributed by atoms with Crippen LogP contribution in [0.4, 0.5) is 5.69 Å². The van der Waals surface area contributed by atoms with Crippen molar-refractivity contribution < 1.29 is 9.53 Å². The van der Waals surface area contributed by atoms with E-state index in [-0.39, 0.29) is 18.6 Å². The van der Waals surface area contributed by atoms with Gasteiger partial charge in [0.15, 0.2) is 0 Å². The van der Waals surface area contributed by atoms with Crippen LogP contribution in [0.2, 0.25) is 0 Å². The van der Waals surface area contributed by atoms with Gasteiger partial charge in [0, 0.05) is 5.69 Å². The van der Waals surface area contributed by atoms with Crippen LogP contribution in [0, 0.1) is 6.92 Å². The molecule has 96 valence electrons. The molecule has 0 spiro atoms. The fourth-order valence-electron chi connectivity index (χ4n) is 1.08. The molecule has 1 amide bonds. The van der Waals surface area contributed by atoms with Gasteiger partial charge in [-0.1, -0.05) is 31.5 Å². The van der Waals surface area contributed by atoms with E-state index >= 15 is 0 Å². The summed E-state index contributed by atoms with van der Waals surface area (Å²) < 4.78 is 5.19. The highest BCUT2D eigenvalue weighted by atomic mass is 16.5. The second-order valence-electron chi connectivity index (χ2n) is 3.77. The molecule has 0 heterocycles. The van der Waals surface area contributed by atoms with Crippen molar-refractivity contribution >= 4 is 11.6 Å². The van der Waals surface area contributed by atoms with Gasteiger partial charge in [0.05, 0.1) is 6.10 Å². The van der Waals surface area contributed by atoms with E-state index in [1.807, 2.05) is 58.9 Å². The van der Waals surface area contributed by atoms with Crippen LogP contribution in [0.15, 0.2) is 24.3 Å². The van der Waals surface area contributed by atoms with Crippen molar-refractivity contribution in [2.75, 3.05) is 11.9 Å². The normalized spacial score (nSPS) is 9.53. The Morgan fingerprint density at radius 1 is 1.24 bits per heavy atom. The number of aryl methyl sites for hydroxylation is 1. The molecule has 0 aliphatic carbocycles. The fourth-order valence-corrected chi connectivity index (χ4v) is 1.08. The minimum absolute atomic E-state index is 0.0776. The average Bonchev–Trinajstić information content (AvgIpc) is 2.32. The molecule has 1 aromatic carbocycles. The molecule has 0 bridgehead atoms. The van der Waals surface area contributed by atoms with E-state index in [0.717, 1.165) is 5.69 Å². The Bertz CT molecular complexity index is 317. The maximum absolute atomic E-state index is 11.4. The first-order chi connectivity index (χ1) is 8.08. The number of carbonyl (C=O) groups is 1. The summed E-state index contributed by atoms with van der Waals surface area (Å²) in [6.45, 7) is 9.91. The van der Waals surface area contributed by atoms with E-state index < -0.39 is 0 Å². The zero-order chi connectivity index (χ0) is 13.3. The van der Waals surface area contributed by atoms with Gasteiger partial charge >= 0.3 is 0 Å². The van der Waals surface area contributed by atoms with E-state index in [0.29, 0.717) is 0 Å². The first-order valence-electron chi connectivity index (χ1n) is 6.06. The zero-order valence-corrected chi connectivity index (χ0v) is 11.4. The Kier molecular flexibility index (Phi) is 8.07. The Balaban J connectivity index is 0.00000121. The summed E-state index contributed by atoms with van der Waals surface area (Å²) in [5, 5.41) is 2.76. The summed E-state index contributed by atoms with van der Waals surface area (Å²) in [4.78, 5) is 11.4. The molecule has 17 heavy (non-hydrogen) atoms. The minimum atomic E-state index is -0.118. The minimum Gasteiger partial charge on any atom is -0.369 e. The molecule has 0 aliphatic rings. The largest absolute Gasteiger partial charge is 0.369 e. The molecule has 3 nitrogen and oxygen atoms in total. The quantitative estimate of drug-likeness (QED) is 0.871. The van der Waals surface area contributed by atoms with Crippen molar-refractivity contribution in [3.05, 3.63) is 29.8 Å². The van der Waals surface area contributed by atoms with Gasteiger partial charge in [-0.05, 0) is 32.9 Å². The molecule has 0 fully saturated rings. The summed E-state index contributed by atoms with van der Waals surface area (Å²) in [5.74, 6) is -0.118. The molecular weight excluding hydrogens is 214 g/mol. The van der Waals surface area contributed by atoms with E-state index in [4.69, 9.17) is 4.74 Å². The standard InChI is InChI=1S/C12H17NO2.C2H6/c1-9(2)15-8-12(14)13-11-6-4-10(3)5-7-11;1-2/h4-7,9H,8H2,1-3H3,(H,13,14);1-2H3. The van der Waals surface area contributed by atoms with Crippen molar-refractivity contribution in [2.45, 2.75) is 40.7 Å². The second kappa shape index (κ2) is 8.76. The van der Waals surface area contributed by atoms with E-state index in [2.05, 4.69) is 5.32 Å². The van der Waals surface area contributed by atoms with Crippen LogP contribution in [0.5, 0.6) is 0 Å². The van der Waals surface area contributed by atoms with E-state index in [1.54, 1.807) is 0 Å². The lowest BCUT2D eigenvalue weighted by Crippen LogP contribution is -2.20. The van der Waals surface area contributed by atoms with Gasteiger partial charge in [-0.25, -0.2) is 0 Å². The summed E-state index contributed by atoms with van der Waals surface area (Å²) in [6.07, 6.45) is 0.0776. The van der Waals surface area contributed by atoms with Crippen LogP contribution < -0.4 is 5.32 Å². The average molecular weight is 237 g/mol. The number of anilines is 1. The summed E-state index contributed by atoms with van der Waals surface area (Å²) >= 11 is 0. The molecule has 0 saturated carbocycles. The van der Waals surface area contributed by atoms with Gasteiger partial charge in [0.2, 0.25) is 5.91 Å². The lowest BCUT2D eigenvalue weighted by atomic mass is 10.2. The van der Waals surface area contributed by atoms with Crippen LogP contribution in [0.3, 0.4) is 0 Å². The molecular formula is C14H23NO2. The van der Waals surface area contributed by atoms with Gasteiger partial charge in [-0.3, -0.25) is 4.79 Å². The van der Waals surface area contributed by atoms with Gasteiger partial charge in [0.25, 0.3) is 0 Å². The van der Waals surface area contributed by atoms with Crippen LogP contribution in [0.1, 0.15) is 33.3 Å². The Hall–Kier alpha value is -1.35. The maximum atomic E-state index is 11.4. The monoisotopic (exact) mass is 237 g/mol. The smallest absolute Gasteiger partial charge is 0.250 e. The molecule has 1 N–H and O–H groups in total. The molecule has 3 heteroatoms. The third-order valence-electron chi connectivity index (χ3n) is 1.88. The molecule has 0 aliphatic heterocycles. The third kappa shape index (κ3) is 7.53. The number of hydrogen-bond donors (Lipinski definition) is 1.